The molecule has 0 aliphatic heterocycles. The molecule has 188 valence electrons. The standard InChI is InChI=1S/C21H14O15/c22-8-1-5(19(29)30)2-10(12(8)24)35-18-7(21(33)34)4-11(14(26)16(18)28)36-17-6(20(31)32)3-9(23)13(25)15(17)27/h1-4,22-28H,(H,29,30)(H,31,32)(H,33,34). The van der Waals surface area contributed by atoms with E-state index in [1.54, 1.807) is 0 Å². The maximum absolute atomic E-state index is 11.8. The Morgan fingerprint density at radius 1 is 0.500 bits per heavy atom. The molecule has 0 unspecified atom stereocenters. The zero-order valence-corrected chi connectivity index (χ0v) is 17.3. The molecule has 0 spiro atoms. The first kappa shape index (κ1) is 24.9. The van der Waals surface area contributed by atoms with Gasteiger partial charge in [-0.2, -0.15) is 0 Å². The Balaban J connectivity index is 2.19. The SMILES string of the molecule is O=C(O)c1cc(O)c(O)c(Oc2c(C(=O)O)cc(Oc3c(C(=O)O)cc(O)c(O)c3O)c(O)c2O)c1. The third-order valence-corrected chi connectivity index (χ3v) is 4.59. The largest absolute Gasteiger partial charge is 0.504 e. The van der Waals surface area contributed by atoms with E-state index in [0.29, 0.717) is 24.3 Å². The van der Waals surface area contributed by atoms with Crippen LogP contribution in [0.1, 0.15) is 31.1 Å². The topological polar surface area (TPSA) is 272 Å². The van der Waals surface area contributed by atoms with Gasteiger partial charge in [0.05, 0.1) is 5.56 Å². The number of aromatic carboxylic acids is 3. The minimum atomic E-state index is -1.85. The van der Waals surface area contributed by atoms with Crippen LogP contribution in [-0.4, -0.2) is 69.0 Å². The molecule has 0 aliphatic rings. The van der Waals surface area contributed by atoms with E-state index in [2.05, 4.69) is 0 Å². The minimum Gasteiger partial charge on any atom is -0.504 e. The summed E-state index contributed by atoms with van der Waals surface area (Å²) in [7, 11) is 0. The Morgan fingerprint density at radius 2 is 0.944 bits per heavy atom. The quantitative estimate of drug-likeness (QED) is 0.206. The number of carboxylic acid groups (broad SMARTS) is 3. The number of ether oxygens (including phenoxy) is 2. The number of aromatic hydroxyl groups is 7. The molecule has 15 nitrogen and oxygen atoms in total. The number of hydrogen-bond acceptors (Lipinski definition) is 12. The van der Waals surface area contributed by atoms with Gasteiger partial charge in [-0.15, -0.1) is 0 Å². The number of rotatable bonds is 7. The van der Waals surface area contributed by atoms with Crippen molar-refractivity contribution >= 4 is 17.9 Å². The second-order valence-electron chi connectivity index (χ2n) is 6.88. The Labute approximate surface area is 197 Å². The fraction of sp³-hybridized carbons (Fsp3) is 0. The third kappa shape index (κ3) is 4.26. The molecule has 0 saturated heterocycles. The average molecular weight is 506 g/mol. The fourth-order valence-corrected chi connectivity index (χ4v) is 2.86. The van der Waals surface area contributed by atoms with E-state index >= 15 is 0 Å². The van der Waals surface area contributed by atoms with Gasteiger partial charge in [-0.25, -0.2) is 14.4 Å². The third-order valence-electron chi connectivity index (χ3n) is 4.59. The van der Waals surface area contributed by atoms with Crippen LogP contribution >= 0.6 is 0 Å². The van der Waals surface area contributed by atoms with Crippen LogP contribution in [0.3, 0.4) is 0 Å². The lowest BCUT2D eigenvalue weighted by molar-refractivity contribution is 0.0680. The first-order chi connectivity index (χ1) is 16.7. The normalized spacial score (nSPS) is 10.6. The van der Waals surface area contributed by atoms with E-state index in [0.717, 1.165) is 0 Å². The van der Waals surface area contributed by atoms with Gasteiger partial charge in [0.25, 0.3) is 0 Å². The highest BCUT2D eigenvalue weighted by molar-refractivity contribution is 5.95. The van der Waals surface area contributed by atoms with Crippen LogP contribution in [0.15, 0.2) is 24.3 Å². The molecule has 0 aliphatic carbocycles. The van der Waals surface area contributed by atoms with E-state index in [-0.39, 0.29) is 0 Å². The van der Waals surface area contributed by atoms with Crippen molar-refractivity contribution in [2.75, 3.05) is 0 Å². The predicted octanol–water partition coefficient (Wildman–Crippen LogP) is 2.31. The Kier molecular flexibility index (Phi) is 6.16. The number of phenols is 7. The second-order valence-corrected chi connectivity index (χ2v) is 6.88. The number of hydrogen-bond donors (Lipinski definition) is 10. The molecule has 0 saturated carbocycles. The fourth-order valence-electron chi connectivity index (χ4n) is 2.86. The molecule has 3 aromatic rings. The van der Waals surface area contributed by atoms with Crippen molar-refractivity contribution in [2.45, 2.75) is 0 Å². The molecule has 3 aromatic carbocycles. The van der Waals surface area contributed by atoms with Gasteiger partial charge in [-0.05, 0) is 12.1 Å². The molecular formula is C21H14O15. The predicted molar refractivity (Wildman–Crippen MR) is 112 cm³/mol. The maximum Gasteiger partial charge on any atom is 0.339 e. The summed E-state index contributed by atoms with van der Waals surface area (Å²) in [6, 6.07) is 2.28. The lowest BCUT2D eigenvalue weighted by atomic mass is 10.1. The number of phenolic OH excluding ortho intramolecular Hbond substituents is 7. The van der Waals surface area contributed by atoms with Crippen molar-refractivity contribution in [3.63, 3.8) is 0 Å². The number of benzene rings is 3. The summed E-state index contributed by atoms with van der Waals surface area (Å²) >= 11 is 0. The van der Waals surface area contributed by atoms with Crippen LogP contribution in [0.2, 0.25) is 0 Å². The van der Waals surface area contributed by atoms with Gasteiger partial charge in [0.1, 0.15) is 11.1 Å². The number of carbonyl (C=O) groups is 3. The summed E-state index contributed by atoms with van der Waals surface area (Å²) in [5.41, 5.74) is -2.55. The van der Waals surface area contributed by atoms with Crippen LogP contribution in [0.25, 0.3) is 0 Å². The second kappa shape index (κ2) is 8.90. The smallest absolute Gasteiger partial charge is 0.339 e. The monoisotopic (exact) mass is 506 g/mol. The van der Waals surface area contributed by atoms with Gasteiger partial charge in [0.15, 0.2) is 34.5 Å². The number of carboxylic acids is 3. The highest BCUT2D eigenvalue weighted by Gasteiger charge is 2.29. The van der Waals surface area contributed by atoms with E-state index in [9.17, 15) is 60.3 Å². The lowest BCUT2D eigenvalue weighted by Crippen LogP contribution is -2.04. The zero-order chi connectivity index (χ0) is 27.1. The van der Waals surface area contributed by atoms with Crippen LogP contribution in [0.5, 0.6) is 63.2 Å². The summed E-state index contributed by atoms with van der Waals surface area (Å²) in [5.74, 6) is -17.4. The van der Waals surface area contributed by atoms with Crippen molar-refractivity contribution in [1.82, 2.24) is 0 Å². The van der Waals surface area contributed by atoms with Crippen molar-refractivity contribution < 1.29 is 74.9 Å². The van der Waals surface area contributed by atoms with Gasteiger partial charge in [-0.1, -0.05) is 0 Å². The summed E-state index contributed by atoms with van der Waals surface area (Å²) in [6.07, 6.45) is 0. The van der Waals surface area contributed by atoms with Crippen molar-refractivity contribution in [3.8, 4) is 63.2 Å². The Hall–Kier alpha value is -5.73. The van der Waals surface area contributed by atoms with Crippen LogP contribution in [0, 0.1) is 0 Å². The highest BCUT2D eigenvalue weighted by atomic mass is 16.5. The van der Waals surface area contributed by atoms with E-state index in [1.807, 2.05) is 0 Å². The molecule has 0 atom stereocenters. The Bertz CT molecular complexity index is 1440. The van der Waals surface area contributed by atoms with Crippen molar-refractivity contribution in [2.24, 2.45) is 0 Å². The molecule has 0 aromatic heterocycles. The van der Waals surface area contributed by atoms with E-state index < -0.39 is 97.8 Å². The lowest BCUT2D eigenvalue weighted by Gasteiger charge is -2.17. The van der Waals surface area contributed by atoms with Gasteiger partial charge >= 0.3 is 17.9 Å². The summed E-state index contributed by atoms with van der Waals surface area (Å²) in [4.78, 5) is 34.4. The highest BCUT2D eigenvalue weighted by Crippen LogP contribution is 2.52. The zero-order valence-electron chi connectivity index (χ0n) is 17.3. The molecule has 15 heteroatoms. The van der Waals surface area contributed by atoms with Crippen molar-refractivity contribution in [3.05, 3.63) is 41.0 Å². The first-order valence-electron chi connectivity index (χ1n) is 9.22. The van der Waals surface area contributed by atoms with Gasteiger partial charge < -0.3 is 60.5 Å². The van der Waals surface area contributed by atoms with Gasteiger partial charge in [0, 0.05) is 12.1 Å². The molecule has 10 N–H and O–H groups in total. The summed E-state index contributed by atoms with van der Waals surface area (Å²) in [6.45, 7) is 0. The van der Waals surface area contributed by atoms with E-state index in [4.69, 9.17) is 14.6 Å². The van der Waals surface area contributed by atoms with Gasteiger partial charge in [-0.3, -0.25) is 0 Å². The molecule has 0 amide bonds. The molecule has 3 rings (SSSR count). The van der Waals surface area contributed by atoms with Crippen LogP contribution < -0.4 is 9.47 Å². The maximum atomic E-state index is 11.8. The van der Waals surface area contributed by atoms with E-state index in [1.165, 1.54) is 0 Å². The average Bonchev–Trinajstić information content (AvgIpc) is 2.80. The molecule has 0 bridgehead atoms. The Morgan fingerprint density at radius 3 is 1.44 bits per heavy atom. The summed E-state index contributed by atoms with van der Waals surface area (Å²) in [5, 5.41) is 97.5. The summed E-state index contributed by atoms with van der Waals surface area (Å²) < 4.78 is 10.1. The first-order valence-corrected chi connectivity index (χ1v) is 9.22. The van der Waals surface area contributed by atoms with Crippen LogP contribution in [-0.2, 0) is 0 Å². The molecular weight excluding hydrogens is 492 g/mol. The molecule has 0 fully saturated rings. The molecule has 0 radical (unpaired) electrons. The molecule has 0 heterocycles. The molecule has 36 heavy (non-hydrogen) atoms. The van der Waals surface area contributed by atoms with Crippen LogP contribution in [0.4, 0.5) is 0 Å². The van der Waals surface area contributed by atoms with Crippen molar-refractivity contribution in [1.29, 1.82) is 0 Å². The van der Waals surface area contributed by atoms with Gasteiger partial charge in [0.2, 0.25) is 28.7 Å². The minimum absolute atomic E-state index is 0.476.